The number of halogens is 1. The number of carboxylic acid groups (broad SMARTS) is 1. The molecule has 0 saturated carbocycles. The van der Waals surface area contributed by atoms with E-state index in [4.69, 9.17) is 4.74 Å². The zero-order valence-electron chi connectivity index (χ0n) is 8.29. The van der Waals surface area contributed by atoms with Crippen molar-refractivity contribution in [1.82, 2.24) is 0 Å². The van der Waals surface area contributed by atoms with E-state index in [1.54, 1.807) is 6.92 Å². The van der Waals surface area contributed by atoms with Crippen LogP contribution in [0.4, 0.5) is 0 Å². The van der Waals surface area contributed by atoms with Gasteiger partial charge in [-0.15, -0.1) is 0 Å². The molecule has 1 aliphatic heterocycles. The van der Waals surface area contributed by atoms with Crippen LogP contribution in [-0.2, 0) is 10.2 Å². The first-order valence-electron chi connectivity index (χ1n) is 4.71. The fourth-order valence-electron chi connectivity index (χ4n) is 1.80. The second kappa shape index (κ2) is 3.52. The minimum Gasteiger partial charge on any atom is -0.492 e. The Hall–Kier alpha value is -1.03. The van der Waals surface area contributed by atoms with Gasteiger partial charge in [0.2, 0.25) is 0 Å². The molecule has 15 heavy (non-hydrogen) atoms. The van der Waals surface area contributed by atoms with Crippen LogP contribution in [0, 0.1) is 0 Å². The highest BCUT2D eigenvalue weighted by atomic mass is 79.9. The Morgan fingerprint density at radius 2 is 2.33 bits per heavy atom. The molecule has 1 aromatic rings. The molecule has 0 saturated heterocycles. The maximum atomic E-state index is 11.3. The summed E-state index contributed by atoms with van der Waals surface area (Å²) in [4.78, 5) is 11.3. The summed E-state index contributed by atoms with van der Waals surface area (Å²) in [6.45, 7) is 2.18. The number of fused-ring (bicyclic) bond motifs is 1. The minimum atomic E-state index is -0.836. The van der Waals surface area contributed by atoms with Crippen LogP contribution < -0.4 is 4.74 Å². The van der Waals surface area contributed by atoms with E-state index in [2.05, 4.69) is 15.9 Å². The van der Waals surface area contributed by atoms with Crippen LogP contribution in [0.15, 0.2) is 22.7 Å². The number of benzene rings is 1. The monoisotopic (exact) mass is 270 g/mol. The Labute approximate surface area is 96.2 Å². The predicted octanol–water partition coefficient (Wildman–Crippen LogP) is 2.57. The molecule has 0 radical (unpaired) electrons. The first-order chi connectivity index (χ1) is 7.05. The Bertz CT molecular complexity index is 416. The fourth-order valence-corrected chi connectivity index (χ4v) is 2.28. The van der Waals surface area contributed by atoms with Gasteiger partial charge in [-0.1, -0.05) is 12.1 Å². The van der Waals surface area contributed by atoms with Gasteiger partial charge in [-0.05, 0) is 28.9 Å². The number of carbonyl (C=O) groups is 1. The summed E-state index contributed by atoms with van der Waals surface area (Å²) in [7, 11) is 0. The van der Waals surface area contributed by atoms with Gasteiger partial charge in [0.25, 0.3) is 0 Å². The number of para-hydroxylation sites is 1. The molecule has 0 amide bonds. The smallest absolute Gasteiger partial charge is 0.314 e. The molecule has 0 aliphatic carbocycles. The van der Waals surface area contributed by atoms with Gasteiger partial charge < -0.3 is 9.84 Å². The van der Waals surface area contributed by atoms with E-state index in [0.29, 0.717) is 18.8 Å². The normalized spacial score (nSPS) is 24.1. The van der Waals surface area contributed by atoms with Gasteiger partial charge in [0.15, 0.2) is 0 Å². The van der Waals surface area contributed by atoms with Crippen LogP contribution in [0.5, 0.6) is 5.75 Å². The largest absolute Gasteiger partial charge is 0.492 e. The first-order valence-corrected chi connectivity index (χ1v) is 5.50. The number of aliphatic carboxylic acids is 1. The van der Waals surface area contributed by atoms with E-state index in [9.17, 15) is 9.90 Å². The lowest BCUT2D eigenvalue weighted by Crippen LogP contribution is -2.37. The van der Waals surface area contributed by atoms with E-state index in [-0.39, 0.29) is 0 Å². The molecule has 0 bridgehead atoms. The Kier molecular flexibility index (Phi) is 2.46. The molecule has 1 N–H and O–H groups in total. The van der Waals surface area contributed by atoms with Gasteiger partial charge in [0.05, 0.1) is 16.5 Å². The van der Waals surface area contributed by atoms with Crippen molar-refractivity contribution in [2.45, 2.75) is 18.8 Å². The average Bonchev–Trinajstić information content (AvgIpc) is 2.20. The number of hydrogen-bond acceptors (Lipinski definition) is 2. The van der Waals surface area contributed by atoms with Crippen LogP contribution in [0.1, 0.15) is 18.9 Å². The SMILES string of the molecule is CC1(C(=O)O)CCOc2c(Br)cccc21. The highest BCUT2D eigenvalue weighted by Crippen LogP contribution is 2.42. The summed E-state index contributed by atoms with van der Waals surface area (Å²) < 4.78 is 6.30. The third-order valence-electron chi connectivity index (χ3n) is 2.88. The van der Waals surface area contributed by atoms with Gasteiger partial charge in [0, 0.05) is 12.0 Å². The molecule has 1 aromatic carbocycles. The molecule has 3 nitrogen and oxygen atoms in total. The van der Waals surface area contributed by atoms with Crippen LogP contribution in [-0.4, -0.2) is 17.7 Å². The van der Waals surface area contributed by atoms with E-state index in [0.717, 1.165) is 10.0 Å². The maximum absolute atomic E-state index is 11.3. The molecule has 80 valence electrons. The minimum absolute atomic E-state index is 0.443. The molecular weight excluding hydrogens is 260 g/mol. The predicted molar refractivity (Wildman–Crippen MR) is 59.2 cm³/mol. The summed E-state index contributed by atoms with van der Waals surface area (Å²) in [6.07, 6.45) is 0.506. The van der Waals surface area contributed by atoms with Crippen LogP contribution in [0.2, 0.25) is 0 Å². The average molecular weight is 271 g/mol. The summed E-state index contributed by atoms with van der Waals surface area (Å²) in [5.41, 5.74) is -0.0900. The second-order valence-electron chi connectivity index (χ2n) is 3.85. The lowest BCUT2D eigenvalue weighted by molar-refractivity contribution is -0.144. The third kappa shape index (κ3) is 1.53. The van der Waals surface area contributed by atoms with Crippen molar-refractivity contribution in [3.63, 3.8) is 0 Å². The maximum Gasteiger partial charge on any atom is 0.314 e. The fraction of sp³-hybridized carbons (Fsp3) is 0.364. The standard InChI is InChI=1S/C11H11BrO3/c1-11(10(13)14)5-6-15-9-7(11)3-2-4-8(9)12/h2-4H,5-6H2,1H3,(H,13,14). The molecule has 1 aliphatic rings. The highest BCUT2D eigenvalue weighted by molar-refractivity contribution is 9.10. The Morgan fingerprint density at radius 1 is 1.60 bits per heavy atom. The molecule has 0 aromatic heterocycles. The third-order valence-corrected chi connectivity index (χ3v) is 3.51. The number of ether oxygens (including phenoxy) is 1. The molecule has 1 atom stereocenters. The molecule has 2 rings (SSSR count). The summed E-state index contributed by atoms with van der Waals surface area (Å²) in [6, 6.07) is 5.50. The van der Waals surface area contributed by atoms with E-state index < -0.39 is 11.4 Å². The molecule has 4 heteroatoms. The number of carboxylic acids is 1. The number of hydrogen-bond donors (Lipinski definition) is 1. The molecular formula is C11H11BrO3. The zero-order valence-corrected chi connectivity index (χ0v) is 9.87. The summed E-state index contributed by atoms with van der Waals surface area (Å²) >= 11 is 3.36. The molecule has 1 heterocycles. The van der Waals surface area contributed by atoms with Gasteiger partial charge >= 0.3 is 5.97 Å². The first kappa shape index (κ1) is 10.5. The van der Waals surface area contributed by atoms with E-state index >= 15 is 0 Å². The number of rotatable bonds is 1. The van der Waals surface area contributed by atoms with Gasteiger partial charge in [0.1, 0.15) is 5.75 Å². The lowest BCUT2D eigenvalue weighted by atomic mass is 9.78. The van der Waals surface area contributed by atoms with Crippen molar-refractivity contribution in [2.75, 3.05) is 6.61 Å². The van der Waals surface area contributed by atoms with Crippen LogP contribution >= 0.6 is 15.9 Å². The van der Waals surface area contributed by atoms with Crippen molar-refractivity contribution in [3.8, 4) is 5.75 Å². The van der Waals surface area contributed by atoms with Crippen LogP contribution in [0.3, 0.4) is 0 Å². The Balaban J connectivity index is 2.61. The molecule has 1 unspecified atom stereocenters. The molecule has 0 fully saturated rings. The van der Waals surface area contributed by atoms with Gasteiger partial charge in [-0.25, -0.2) is 0 Å². The van der Waals surface area contributed by atoms with E-state index in [1.807, 2.05) is 18.2 Å². The second-order valence-corrected chi connectivity index (χ2v) is 4.71. The summed E-state index contributed by atoms with van der Waals surface area (Å²) in [5.74, 6) is -0.140. The Morgan fingerprint density at radius 3 is 3.00 bits per heavy atom. The van der Waals surface area contributed by atoms with Crippen LogP contribution in [0.25, 0.3) is 0 Å². The van der Waals surface area contributed by atoms with Crippen molar-refractivity contribution >= 4 is 21.9 Å². The van der Waals surface area contributed by atoms with Crippen molar-refractivity contribution in [1.29, 1.82) is 0 Å². The topological polar surface area (TPSA) is 46.5 Å². The van der Waals surface area contributed by atoms with Gasteiger partial charge in [-0.2, -0.15) is 0 Å². The van der Waals surface area contributed by atoms with Crippen molar-refractivity contribution in [2.24, 2.45) is 0 Å². The van der Waals surface area contributed by atoms with Crippen molar-refractivity contribution < 1.29 is 14.6 Å². The van der Waals surface area contributed by atoms with Crippen molar-refractivity contribution in [3.05, 3.63) is 28.2 Å². The quantitative estimate of drug-likeness (QED) is 0.853. The van der Waals surface area contributed by atoms with Gasteiger partial charge in [-0.3, -0.25) is 4.79 Å². The summed E-state index contributed by atoms with van der Waals surface area (Å²) in [5, 5.41) is 9.26. The lowest BCUT2D eigenvalue weighted by Gasteiger charge is -2.32. The highest BCUT2D eigenvalue weighted by Gasteiger charge is 2.40. The molecule has 0 spiro atoms. The van der Waals surface area contributed by atoms with E-state index in [1.165, 1.54) is 0 Å². The zero-order chi connectivity index (χ0) is 11.1.